The lowest BCUT2D eigenvalue weighted by Crippen LogP contribution is -2.25. The molecular formula is C21H15Cl2N3O2. The van der Waals surface area contributed by atoms with Gasteiger partial charge in [0, 0.05) is 28.2 Å². The molecule has 2 amide bonds. The van der Waals surface area contributed by atoms with Crippen LogP contribution in [0.25, 0.3) is 6.08 Å². The Morgan fingerprint density at radius 3 is 2.00 bits per heavy atom. The van der Waals surface area contributed by atoms with E-state index in [9.17, 15) is 9.59 Å². The first kappa shape index (κ1) is 19.6. The van der Waals surface area contributed by atoms with Gasteiger partial charge < -0.3 is 10.6 Å². The van der Waals surface area contributed by atoms with Crippen LogP contribution < -0.4 is 10.6 Å². The van der Waals surface area contributed by atoms with E-state index in [1.165, 1.54) is 12.3 Å². The Morgan fingerprint density at radius 1 is 0.786 bits per heavy atom. The van der Waals surface area contributed by atoms with Gasteiger partial charge in [-0.25, -0.2) is 4.98 Å². The first-order valence-electron chi connectivity index (χ1n) is 8.28. The molecule has 2 N–H and O–H groups in total. The highest BCUT2D eigenvalue weighted by molar-refractivity contribution is 6.33. The molecule has 0 atom stereocenters. The van der Waals surface area contributed by atoms with Crippen molar-refractivity contribution < 1.29 is 9.59 Å². The van der Waals surface area contributed by atoms with Crippen LogP contribution in [0.15, 0.2) is 78.5 Å². The van der Waals surface area contributed by atoms with E-state index in [4.69, 9.17) is 23.2 Å². The van der Waals surface area contributed by atoms with Crippen LogP contribution in [0, 0.1) is 0 Å². The quantitative estimate of drug-likeness (QED) is 0.267. The minimum absolute atomic E-state index is 0.117. The summed E-state index contributed by atoms with van der Waals surface area (Å²) < 4.78 is 0. The van der Waals surface area contributed by atoms with Crippen molar-refractivity contribution in [3.05, 3.63) is 94.2 Å². The predicted molar refractivity (Wildman–Crippen MR) is 112 cm³/mol. The summed E-state index contributed by atoms with van der Waals surface area (Å²) in [7, 11) is 0. The maximum Gasteiger partial charge on any atom is 0.261 e. The van der Waals surface area contributed by atoms with Crippen LogP contribution in [0.3, 0.4) is 0 Å². The summed E-state index contributed by atoms with van der Waals surface area (Å²) in [6, 6.07) is 18.7. The number of benzene rings is 2. The van der Waals surface area contributed by atoms with Crippen LogP contribution >= 0.6 is 23.2 Å². The van der Waals surface area contributed by atoms with E-state index < -0.39 is 11.8 Å². The molecule has 3 rings (SSSR count). The summed E-state index contributed by atoms with van der Waals surface area (Å²) in [6.45, 7) is 0. The number of nitrogens with one attached hydrogen (secondary N) is 2. The third kappa shape index (κ3) is 5.19. The summed E-state index contributed by atoms with van der Waals surface area (Å²) in [5, 5.41) is 6.12. The number of nitrogens with zero attached hydrogens (tertiary/aromatic N) is 1. The highest BCUT2D eigenvalue weighted by Crippen LogP contribution is 2.19. The third-order valence-corrected chi connectivity index (χ3v) is 4.28. The van der Waals surface area contributed by atoms with Crippen molar-refractivity contribution in [3.8, 4) is 0 Å². The molecule has 5 nitrogen and oxygen atoms in total. The molecule has 3 aromatic rings. The third-order valence-electron chi connectivity index (χ3n) is 3.71. The fraction of sp³-hybridized carbons (Fsp3) is 0. The van der Waals surface area contributed by atoms with Gasteiger partial charge in [0.05, 0.1) is 0 Å². The van der Waals surface area contributed by atoms with Gasteiger partial charge in [0.1, 0.15) is 10.7 Å². The lowest BCUT2D eigenvalue weighted by molar-refractivity contribution is -0.118. The minimum Gasteiger partial charge on any atom is -0.322 e. The fourth-order valence-corrected chi connectivity index (χ4v) is 2.65. The number of aromatic nitrogens is 1. The summed E-state index contributed by atoms with van der Waals surface area (Å²) in [6.07, 6.45) is 2.93. The van der Waals surface area contributed by atoms with Crippen LogP contribution in [0.5, 0.6) is 0 Å². The molecule has 140 valence electrons. The normalized spacial score (nSPS) is 11.0. The molecule has 1 aromatic heterocycles. The zero-order chi connectivity index (χ0) is 19.9. The molecular weight excluding hydrogens is 397 g/mol. The molecule has 0 aliphatic rings. The molecule has 2 aromatic carbocycles. The first-order valence-corrected chi connectivity index (χ1v) is 9.04. The largest absolute Gasteiger partial charge is 0.322 e. The zero-order valence-electron chi connectivity index (χ0n) is 14.5. The number of amides is 2. The van der Waals surface area contributed by atoms with Gasteiger partial charge in [0.15, 0.2) is 0 Å². The van der Waals surface area contributed by atoms with Crippen molar-refractivity contribution >= 4 is 52.5 Å². The molecule has 0 saturated carbocycles. The van der Waals surface area contributed by atoms with Crippen LogP contribution in [0.1, 0.15) is 5.56 Å². The average Bonchev–Trinajstić information content (AvgIpc) is 2.69. The van der Waals surface area contributed by atoms with Crippen molar-refractivity contribution in [2.24, 2.45) is 0 Å². The highest BCUT2D eigenvalue weighted by Gasteiger charge is 2.19. The number of anilines is 2. The van der Waals surface area contributed by atoms with Gasteiger partial charge >= 0.3 is 0 Å². The molecule has 0 saturated heterocycles. The van der Waals surface area contributed by atoms with E-state index in [-0.39, 0.29) is 10.7 Å². The zero-order valence-corrected chi connectivity index (χ0v) is 16.0. The van der Waals surface area contributed by atoms with E-state index in [1.807, 2.05) is 6.07 Å². The predicted octanol–water partition coefficient (Wildman–Crippen LogP) is 5.05. The summed E-state index contributed by atoms with van der Waals surface area (Å²) in [5.41, 5.74) is 1.41. The van der Waals surface area contributed by atoms with E-state index in [2.05, 4.69) is 15.6 Å². The lowest BCUT2D eigenvalue weighted by Gasteiger charge is -2.11. The smallest absolute Gasteiger partial charge is 0.261 e. The van der Waals surface area contributed by atoms with E-state index in [0.717, 1.165) is 0 Å². The molecule has 0 aliphatic carbocycles. The monoisotopic (exact) mass is 411 g/mol. The number of pyridine rings is 1. The van der Waals surface area contributed by atoms with Crippen molar-refractivity contribution in [3.63, 3.8) is 0 Å². The molecule has 0 radical (unpaired) electrons. The SMILES string of the molecule is O=C(Nc1ccccc1)C(=Cc1cccnc1Cl)C(=O)Nc1ccc(Cl)cc1. The van der Waals surface area contributed by atoms with Crippen LogP contribution in [-0.4, -0.2) is 16.8 Å². The second-order valence-corrected chi connectivity index (χ2v) is 6.52. The van der Waals surface area contributed by atoms with Gasteiger partial charge in [0.2, 0.25) is 0 Å². The van der Waals surface area contributed by atoms with Crippen molar-refractivity contribution in [1.82, 2.24) is 4.98 Å². The topological polar surface area (TPSA) is 71.1 Å². The summed E-state index contributed by atoms with van der Waals surface area (Å²) in [4.78, 5) is 29.6. The Morgan fingerprint density at radius 2 is 1.39 bits per heavy atom. The number of rotatable bonds is 5. The van der Waals surface area contributed by atoms with Crippen molar-refractivity contribution in [2.45, 2.75) is 0 Å². The fourth-order valence-electron chi connectivity index (χ4n) is 2.35. The number of hydrogen-bond donors (Lipinski definition) is 2. The minimum atomic E-state index is -0.587. The molecule has 7 heteroatoms. The summed E-state index contributed by atoms with van der Waals surface area (Å²) in [5.74, 6) is -1.16. The maximum absolute atomic E-state index is 12.8. The van der Waals surface area contributed by atoms with Crippen LogP contribution in [0.4, 0.5) is 11.4 Å². The highest BCUT2D eigenvalue weighted by atomic mass is 35.5. The van der Waals surface area contributed by atoms with Gasteiger partial charge in [-0.2, -0.15) is 0 Å². The van der Waals surface area contributed by atoms with E-state index in [1.54, 1.807) is 60.7 Å². The molecule has 0 fully saturated rings. The second-order valence-electron chi connectivity index (χ2n) is 5.72. The molecule has 0 aliphatic heterocycles. The molecule has 1 heterocycles. The van der Waals surface area contributed by atoms with E-state index in [0.29, 0.717) is 22.0 Å². The van der Waals surface area contributed by atoms with Gasteiger partial charge in [-0.05, 0) is 48.5 Å². The first-order chi connectivity index (χ1) is 13.5. The van der Waals surface area contributed by atoms with Gasteiger partial charge in [0.25, 0.3) is 11.8 Å². The van der Waals surface area contributed by atoms with Crippen molar-refractivity contribution in [1.29, 1.82) is 0 Å². The van der Waals surface area contributed by atoms with Gasteiger partial charge in [-0.3, -0.25) is 9.59 Å². The van der Waals surface area contributed by atoms with Crippen molar-refractivity contribution in [2.75, 3.05) is 10.6 Å². The van der Waals surface area contributed by atoms with Gasteiger partial charge in [-0.15, -0.1) is 0 Å². The molecule has 28 heavy (non-hydrogen) atoms. The Bertz CT molecular complexity index is 1020. The number of carbonyl (C=O) groups is 2. The lowest BCUT2D eigenvalue weighted by atomic mass is 10.1. The van der Waals surface area contributed by atoms with Gasteiger partial charge in [-0.1, -0.05) is 47.5 Å². The molecule has 0 spiro atoms. The number of carbonyl (C=O) groups excluding carboxylic acids is 2. The number of para-hydroxylation sites is 1. The Balaban J connectivity index is 1.91. The molecule has 0 unspecified atom stereocenters. The average molecular weight is 412 g/mol. The second kappa shape index (κ2) is 9.17. The number of halogens is 2. The Labute approximate surface area is 172 Å². The maximum atomic E-state index is 12.8. The van der Waals surface area contributed by atoms with Crippen LogP contribution in [-0.2, 0) is 9.59 Å². The Hall–Kier alpha value is -3.15. The van der Waals surface area contributed by atoms with E-state index >= 15 is 0 Å². The standard InChI is InChI=1S/C21H15Cl2N3O2/c22-15-8-10-17(11-9-15)26-21(28)18(13-14-5-4-12-24-19(14)23)20(27)25-16-6-2-1-3-7-16/h1-13H,(H,25,27)(H,26,28). The summed E-state index contributed by atoms with van der Waals surface area (Å²) >= 11 is 11.9. The molecule has 0 bridgehead atoms. The number of hydrogen-bond acceptors (Lipinski definition) is 3. The van der Waals surface area contributed by atoms with Crippen LogP contribution in [0.2, 0.25) is 10.2 Å². The Kier molecular flexibility index (Phi) is 6.42.